The molecule has 0 aliphatic heterocycles. The summed E-state index contributed by atoms with van der Waals surface area (Å²) in [6.45, 7) is 7.37. The lowest BCUT2D eigenvalue weighted by Crippen LogP contribution is -2.33. The van der Waals surface area contributed by atoms with Gasteiger partial charge in [-0.25, -0.2) is 0 Å². The first-order chi connectivity index (χ1) is 8.63. The Bertz CT molecular complexity index is 335. The van der Waals surface area contributed by atoms with Crippen LogP contribution in [0.25, 0.3) is 0 Å². The second-order valence-corrected chi connectivity index (χ2v) is 6.25. The molecule has 2 unspecified atom stereocenters. The van der Waals surface area contributed by atoms with Gasteiger partial charge in [0, 0.05) is 10.9 Å². The van der Waals surface area contributed by atoms with Crippen molar-refractivity contribution in [2.45, 2.75) is 31.7 Å². The summed E-state index contributed by atoms with van der Waals surface area (Å²) in [5.74, 6) is 2.17. The summed E-state index contributed by atoms with van der Waals surface area (Å²) in [7, 11) is 2.02. The van der Waals surface area contributed by atoms with Gasteiger partial charge in [-0.2, -0.15) is 0 Å². The van der Waals surface area contributed by atoms with Gasteiger partial charge in [0.15, 0.2) is 0 Å². The lowest BCUT2D eigenvalue weighted by Gasteiger charge is -2.29. The molecule has 18 heavy (non-hydrogen) atoms. The highest BCUT2D eigenvalue weighted by Crippen LogP contribution is 2.28. The average molecular weight is 266 g/mol. The van der Waals surface area contributed by atoms with E-state index in [1.807, 2.05) is 18.8 Å². The Morgan fingerprint density at radius 2 is 1.83 bits per heavy atom. The molecule has 102 valence electrons. The molecule has 0 amide bonds. The van der Waals surface area contributed by atoms with Crippen molar-refractivity contribution in [2.75, 3.05) is 19.3 Å². The van der Waals surface area contributed by atoms with Crippen LogP contribution in [-0.4, -0.2) is 19.3 Å². The SMILES string of the molecule is CCSc1ccc(C(NC)C(CN)C(C)C)cc1. The Hall–Kier alpha value is -0.510. The third kappa shape index (κ3) is 4.01. The number of nitrogens with two attached hydrogens (primary N) is 1. The molecule has 2 nitrogen and oxygen atoms in total. The second kappa shape index (κ2) is 7.82. The standard InChI is InChI=1S/C15H26N2S/c1-5-18-13-8-6-12(7-9-13)15(17-4)14(10-16)11(2)3/h6-9,11,14-15,17H,5,10,16H2,1-4H3. The second-order valence-electron chi connectivity index (χ2n) is 4.91. The van der Waals surface area contributed by atoms with Crippen LogP contribution < -0.4 is 11.1 Å². The molecule has 0 heterocycles. The van der Waals surface area contributed by atoms with E-state index in [9.17, 15) is 0 Å². The van der Waals surface area contributed by atoms with E-state index in [0.717, 1.165) is 5.75 Å². The number of hydrogen-bond acceptors (Lipinski definition) is 3. The van der Waals surface area contributed by atoms with Crippen molar-refractivity contribution in [3.8, 4) is 0 Å². The fourth-order valence-corrected chi connectivity index (χ4v) is 3.02. The maximum Gasteiger partial charge on any atom is 0.0360 e. The van der Waals surface area contributed by atoms with Crippen molar-refractivity contribution in [2.24, 2.45) is 17.6 Å². The molecule has 1 rings (SSSR count). The number of benzene rings is 1. The highest BCUT2D eigenvalue weighted by Gasteiger charge is 2.23. The van der Waals surface area contributed by atoms with Gasteiger partial charge in [0.25, 0.3) is 0 Å². The maximum atomic E-state index is 5.92. The molecule has 2 atom stereocenters. The summed E-state index contributed by atoms with van der Waals surface area (Å²) in [5.41, 5.74) is 7.26. The first-order valence-corrected chi connectivity index (χ1v) is 7.72. The third-order valence-corrected chi connectivity index (χ3v) is 4.31. The minimum atomic E-state index is 0.343. The van der Waals surface area contributed by atoms with Crippen LogP contribution in [0.15, 0.2) is 29.2 Å². The van der Waals surface area contributed by atoms with E-state index >= 15 is 0 Å². The van der Waals surface area contributed by atoms with Gasteiger partial charge in [0.1, 0.15) is 0 Å². The highest BCUT2D eigenvalue weighted by molar-refractivity contribution is 7.99. The quantitative estimate of drug-likeness (QED) is 0.744. The van der Waals surface area contributed by atoms with E-state index in [-0.39, 0.29) is 0 Å². The van der Waals surface area contributed by atoms with Crippen molar-refractivity contribution >= 4 is 11.8 Å². The van der Waals surface area contributed by atoms with Crippen LogP contribution >= 0.6 is 11.8 Å². The molecule has 0 fully saturated rings. The van der Waals surface area contributed by atoms with E-state index in [1.54, 1.807) is 0 Å². The lowest BCUT2D eigenvalue weighted by atomic mass is 9.84. The lowest BCUT2D eigenvalue weighted by molar-refractivity contribution is 0.299. The summed E-state index contributed by atoms with van der Waals surface area (Å²) in [6, 6.07) is 9.22. The van der Waals surface area contributed by atoms with E-state index in [0.29, 0.717) is 24.4 Å². The summed E-state index contributed by atoms with van der Waals surface area (Å²) in [4.78, 5) is 1.34. The van der Waals surface area contributed by atoms with E-state index < -0.39 is 0 Å². The van der Waals surface area contributed by atoms with Crippen LogP contribution in [0.3, 0.4) is 0 Å². The number of hydrogen-bond donors (Lipinski definition) is 2. The van der Waals surface area contributed by atoms with E-state index in [2.05, 4.69) is 50.4 Å². The van der Waals surface area contributed by atoms with Gasteiger partial charge in [-0.1, -0.05) is 32.9 Å². The van der Waals surface area contributed by atoms with E-state index in [4.69, 9.17) is 5.73 Å². The van der Waals surface area contributed by atoms with Gasteiger partial charge in [0.2, 0.25) is 0 Å². The highest BCUT2D eigenvalue weighted by atomic mass is 32.2. The van der Waals surface area contributed by atoms with Crippen molar-refractivity contribution in [1.82, 2.24) is 5.32 Å². The molecule has 0 bridgehead atoms. The van der Waals surface area contributed by atoms with Gasteiger partial charge < -0.3 is 11.1 Å². The Labute approximate surface area is 116 Å². The van der Waals surface area contributed by atoms with Crippen LogP contribution in [0, 0.1) is 11.8 Å². The summed E-state index contributed by atoms with van der Waals surface area (Å²) in [6.07, 6.45) is 0. The summed E-state index contributed by atoms with van der Waals surface area (Å²) >= 11 is 1.88. The molecule has 0 aliphatic rings. The third-order valence-electron chi connectivity index (χ3n) is 3.42. The van der Waals surface area contributed by atoms with Crippen LogP contribution in [0.4, 0.5) is 0 Å². The zero-order valence-electron chi connectivity index (χ0n) is 11.9. The van der Waals surface area contributed by atoms with Gasteiger partial charge in [0.05, 0.1) is 0 Å². The topological polar surface area (TPSA) is 38.0 Å². The first kappa shape index (κ1) is 15.5. The predicted octanol–water partition coefficient (Wildman–Crippen LogP) is 3.29. The van der Waals surface area contributed by atoms with Crippen LogP contribution in [0.1, 0.15) is 32.4 Å². The molecular formula is C15H26N2S. The fraction of sp³-hybridized carbons (Fsp3) is 0.600. The molecule has 1 aromatic rings. The van der Waals surface area contributed by atoms with Crippen molar-refractivity contribution < 1.29 is 0 Å². The van der Waals surface area contributed by atoms with Crippen molar-refractivity contribution in [1.29, 1.82) is 0 Å². The van der Waals surface area contributed by atoms with Crippen LogP contribution in [0.5, 0.6) is 0 Å². The molecule has 0 spiro atoms. The number of nitrogens with one attached hydrogen (secondary N) is 1. The van der Waals surface area contributed by atoms with Crippen molar-refractivity contribution in [3.05, 3.63) is 29.8 Å². The Balaban J connectivity index is 2.87. The minimum absolute atomic E-state index is 0.343. The summed E-state index contributed by atoms with van der Waals surface area (Å²) < 4.78 is 0. The maximum absolute atomic E-state index is 5.92. The molecule has 3 heteroatoms. The minimum Gasteiger partial charge on any atom is -0.330 e. The molecular weight excluding hydrogens is 240 g/mol. The number of rotatable bonds is 7. The molecule has 3 N–H and O–H groups in total. The molecule has 1 aromatic carbocycles. The van der Waals surface area contributed by atoms with Gasteiger partial charge in [-0.3, -0.25) is 0 Å². The Kier molecular flexibility index (Phi) is 6.76. The molecule has 0 saturated heterocycles. The smallest absolute Gasteiger partial charge is 0.0360 e. The Morgan fingerprint density at radius 1 is 1.22 bits per heavy atom. The van der Waals surface area contributed by atoms with E-state index in [1.165, 1.54) is 10.5 Å². The molecule has 0 aromatic heterocycles. The van der Waals surface area contributed by atoms with Crippen molar-refractivity contribution in [3.63, 3.8) is 0 Å². The Morgan fingerprint density at radius 3 is 2.22 bits per heavy atom. The van der Waals surface area contributed by atoms with Gasteiger partial charge in [-0.15, -0.1) is 11.8 Å². The predicted molar refractivity (Wildman–Crippen MR) is 82.0 cm³/mol. The average Bonchev–Trinajstić information content (AvgIpc) is 2.37. The summed E-state index contributed by atoms with van der Waals surface area (Å²) in [5, 5.41) is 3.42. The zero-order chi connectivity index (χ0) is 13.5. The first-order valence-electron chi connectivity index (χ1n) is 6.74. The zero-order valence-corrected chi connectivity index (χ0v) is 12.8. The van der Waals surface area contributed by atoms with Gasteiger partial charge >= 0.3 is 0 Å². The fourth-order valence-electron chi connectivity index (χ4n) is 2.36. The number of thioether (sulfide) groups is 1. The molecule has 0 saturated carbocycles. The van der Waals surface area contributed by atoms with Crippen LogP contribution in [0.2, 0.25) is 0 Å². The van der Waals surface area contributed by atoms with Gasteiger partial charge in [-0.05, 0) is 48.9 Å². The monoisotopic (exact) mass is 266 g/mol. The molecule has 0 aliphatic carbocycles. The van der Waals surface area contributed by atoms with Crippen LogP contribution in [-0.2, 0) is 0 Å². The normalized spacial score (nSPS) is 14.8. The molecule has 0 radical (unpaired) electrons. The largest absolute Gasteiger partial charge is 0.330 e.